The number of nitrogens with one attached hydrogen (secondary N) is 3. The Morgan fingerprint density at radius 2 is 1.00 bits per heavy atom. The lowest BCUT2D eigenvalue weighted by atomic mass is 10.1. The predicted octanol–water partition coefficient (Wildman–Crippen LogP) is 5.31. The number of fused-ring (bicyclic) bond motifs is 2. The molecule has 0 fully saturated rings. The van der Waals surface area contributed by atoms with Gasteiger partial charge in [0.2, 0.25) is 0 Å². The molecular weight excluding hydrogens is 282 g/mol. The molecule has 2 aromatic carbocycles. The minimum Gasteiger partial charge on any atom is -0.360 e. The summed E-state index contributed by atoms with van der Waals surface area (Å²) in [7, 11) is 0. The lowest BCUT2D eigenvalue weighted by Gasteiger charge is -1.98. The summed E-state index contributed by atoms with van der Waals surface area (Å²) in [6.07, 6.45) is 4.13. The quantitative estimate of drug-likeness (QED) is 0.395. The Morgan fingerprint density at radius 3 is 1.52 bits per heavy atom. The van der Waals surface area contributed by atoms with Gasteiger partial charge in [-0.3, -0.25) is 0 Å². The molecule has 0 amide bonds. The molecule has 0 unspecified atom stereocenters. The van der Waals surface area contributed by atoms with E-state index in [4.69, 9.17) is 0 Å². The first kappa shape index (κ1) is 12.4. The lowest BCUT2D eigenvalue weighted by molar-refractivity contribution is 1.39. The Hall–Kier alpha value is -3.20. The zero-order chi connectivity index (χ0) is 15.2. The van der Waals surface area contributed by atoms with E-state index in [2.05, 4.69) is 88.0 Å². The first-order valence-corrected chi connectivity index (χ1v) is 7.72. The molecule has 110 valence electrons. The van der Waals surface area contributed by atoms with E-state index in [9.17, 15) is 0 Å². The first-order valence-electron chi connectivity index (χ1n) is 7.72. The molecule has 3 heteroatoms. The number of para-hydroxylation sites is 2. The van der Waals surface area contributed by atoms with E-state index in [1.54, 1.807) is 0 Å². The fourth-order valence-electron chi connectivity index (χ4n) is 3.30. The van der Waals surface area contributed by atoms with Gasteiger partial charge in [-0.1, -0.05) is 36.4 Å². The second kappa shape index (κ2) is 4.65. The second-order valence-corrected chi connectivity index (χ2v) is 5.78. The van der Waals surface area contributed by atoms with Crippen LogP contribution in [0.3, 0.4) is 0 Å². The molecule has 5 aromatic rings. The topological polar surface area (TPSA) is 47.4 Å². The molecule has 3 N–H and O–H groups in total. The van der Waals surface area contributed by atoms with Gasteiger partial charge in [0.1, 0.15) is 0 Å². The molecular formula is C20H15N3. The van der Waals surface area contributed by atoms with Crippen molar-refractivity contribution >= 4 is 21.8 Å². The zero-order valence-electron chi connectivity index (χ0n) is 12.4. The average molecular weight is 297 g/mol. The smallest absolute Gasteiger partial charge is 0.0480 e. The van der Waals surface area contributed by atoms with Crippen molar-refractivity contribution in [2.24, 2.45) is 0 Å². The lowest BCUT2D eigenvalue weighted by Crippen LogP contribution is -1.78. The van der Waals surface area contributed by atoms with Crippen molar-refractivity contribution in [3.05, 3.63) is 73.1 Å². The van der Waals surface area contributed by atoms with Gasteiger partial charge in [-0.2, -0.15) is 0 Å². The molecule has 0 atom stereocenters. The number of aromatic nitrogens is 3. The van der Waals surface area contributed by atoms with Crippen LogP contribution in [0.2, 0.25) is 0 Å². The van der Waals surface area contributed by atoms with Crippen LogP contribution in [-0.2, 0) is 0 Å². The standard InChI is InChI=1S/C20H15N3/c1-3-7-17-13(5-1)15(11-21-17)19-9-10-20(23-19)16-12-22-18-8-4-2-6-14(16)18/h1-12,21-23H. The first-order chi connectivity index (χ1) is 11.4. The van der Waals surface area contributed by atoms with E-state index in [1.165, 1.54) is 21.9 Å². The van der Waals surface area contributed by atoms with Gasteiger partial charge < -0.3 is 15.0 Å². The summed E-state index contributed by atoms with van der Waals surface area (Å²) in [5, 5.41) is 2.47. The molecule has 3 aromatic heterocycles. The summed E-state index contributed by atoms with van der Waals surface area (Å²) in [6, 6.07) is 21.0. The van der Waals surface area contributed by atoms with E-state index >= 15 is 0 Å². The highest BCUT2D eigenvalue weighted by Crippen LogP contribution is 2.32. The van der Waals surface area contributed by atoms with E-state index in [-0.39, 0.29) is 0 Å². The van der Waals surface area contributed by atoms with Gasteiger partial charge in [-0.05, 0) is 24.3 Å². The van der Waals surface area contributed by atoms with Crippen molar-refractivity contribution in [1.82, 2.24) is 15.0 Å². The van der Waals surface area contributed by atoms with Gasteiger partial charge in [0, 0.05) is 56.7 Å². The van der Waals surface area contributed by atoms with Crippen LogP contribution in [0.1, 0.15) is 0 Å². The highest BCUT2D eigenvalue weighted by Gasteiger charge is 2.11. The fourth-order valence-corrected chi connectivity index (χ4v) is 3.30. The molecule has 0 aliphatic heterocycles. The molecule has 0 radical (unpaired) electrons. The maximum atomic E-state index is 3.56. The average Bonchev–Trinajstić information content (AvgIpc) is 3.31. The maximum absolute atomic E-state index is 3.56. The SMILES string of the molecule is c1ccc2c(-c3ccc(-c4c[nH]c5ccccc45)[nH]3)c[nH]c2c1. The van der Waals surface area contributed by atoms with Crippen molar-refractivity contribution in [3.8, 4) is 22.5 Å². The molecule has 23 heavy (non-hydrogen) atoms. The number of hydrogen-bond donors (Lipinski definition) is 3. The Morgan fingerprint density at radius 1 is 0.522 bits per heavy atom. The summed E-state index contributed by atoms with van der Waals surface area (Å²) in [5.74, 6) is 0. The number of H-pyrrole nitrogens is 3. The number of aromatic amines is 3. The van der Waals surface area contributed by atoms with Crippen molar-refractivity contribution in [2.75, 3.05) is 0 Å². The van der Waals surface area contributed by atoms with Crippen LogP contribution in [0.15, 0.2) is 73.1 Å². The summed E-state index contributed by atoms with van der Waals surface area (Å²) < 4.78 is 0. The number of rotatable bonds is 2. The minimum absolute atomic E-state index is 1.13. The summed E-state index contributed by atoms with van der Waals surface area (Å²) in [6.45, 7) is 0. The highest BCUT2D eigenvalue weighted by molar-refractivity contribution is 5.97. The third-order valence-electron chi connectivity index (χ3n) is 4.44. The minimum atomic E-state index is 1.13. The zero-order valence-corrected chi connectivity index (χ0v) is 12.4. The van der Waals surface area contributed by atoms with Gasteiger partial charge in [0.15, 0.2) is 0 Å². The molecule has 0 spiro atoms. The van der Waals surface area contributed by atoms with E-state index in [0.717, 1.165) is 22.4 Å². The Kier molecular flexibility index (Phi) is 2.50. The Labute approximate surface area is 133 Å². The fraction of sp³-hybridized carbons (Fsp3) is 0. The van der Waals surface area contributed by atoms with Gasteiger partial charge in [-0.25, -0.2) is 0 Å². The van der Waals surface area contributed by atoms with Crippen molar-refractivity contribution in [3.63, 3.8) is 0 Å². The largest absolute Gasteiger partial charge is 0.360 e. The molecule has 0 saturated carbocycles. The van der Waals surface area contributed by atoms with Crippen LogP contribution in [0, 0.1) is 0 Å². The van der Waals surface area contributed by atoms with Gasteiger partial charge in [0.05, 0.1) is 0 Å². The summed E-state index contributed by atoms with van der Waals surface area (Å²) >= 11 is 0. The molecule has 0 saturated heterocycles. The molecule has 5 rings (SSSR count). The predicted molar refractivity (Wildman–Crippen MR) is 95.4 cm³/mol. The van der Waals surface area contributed by atoms with Crippen molar-refractivity contribution in [1.29, 1.82) is 0 Å². The van der Waals surface area contributed by atoms with E-state index < -0.39 is 0 Å². The van der Waals surface area contributed by atoms with E-state index in [0.29, 0.717) is 0 Å². The number of hydrogen-bond acceptors (Lipinski definition) is 0. The third kappa shape index (κ3) is 1.83. The molecule has 0 aliphatic rings. The highest BCUT2D eigenvalue weighted by atomic mass is 14.8. The molecule has 3 heterocycles. The molecule has 3 nitrogen and oxygen atoms in total. The van der Waals surface area contributed by atoms with Crippen molar-refractivity contribution < 1.29 is 0 Å². The second-order valence-electron chi connectivity index (χ2n) is 5.78. The maximum Gasteiger partial charge on any atom is 0.0480 e. The van der Waals surface area contributed by atoms with Gasteiger partial charge in [-0.15, -0.1) is 0 Å². The normalized spacial score (nSPS) is 11.5. The summed E-state index contributed by atoms with van der Waals surface area (Å²) in [4.78, 5) is 10.2. The van der Waals surface area contributed by atoms with E-state index in [1.807, 2.05) is 0 Å². The van der Waals surface area contributed by atoms with Crippen LogP contribution < -0.4 is 0 Å². The monoisotopic (exact) mass is 297 g/mol. The van der Waals surface area contributed by atoms with Gasteiger partial charge >= 0.3 is 0 Å². The number of benzene rings is 2. The van der Waals surface area contributed by atoms with Gasteiger partial charge in [0.25, 0.3) is 0 Å². The van der Waals surface area contributed by atoms with Crippen LogP contribution >= 0.6 is 0 Å². The van der Waals surface area contributed by atoms with Crippen LogP contribution in [0.25, 0.3) is 44.3 Å². The molecule has 0 aliphatic carbocycles. The van der Waals surface area contributed by atoms with Crippen LogP contribution in [0.4, 0.5) is 0 Å². The van der Waals surface area contributed by atoms with Crippen molar-refractivity contribution in [2.45, 2.75) is 0 Å². The third-order valence-corrected chi connectivity index (χ3v) is 4.44. The van der Waals surface area contributed by atoms with Crippen LogP contribution in [-0.4, -0.2) is 15.0 Å². The van der Waals surface area contributed by atoms with Crippen LogP contribution in [0.5, 0.6) is 0 Å². The summed E-state index contributed by atoms with van der Waals surface area (Å²) in [5.41, 5.74) is 6.97. The molecule has 0 bridgehead atoms. The Balaban J connectivity index is 1.66. The Bertz CT molecular complexity index is 1040.